The fraction of sp³-hybridized carbons (Fsp3) is 0.278. The van der Waals surface area contributed by atoms with Crippen LogP contribution in [0.4, 0.5) is 18.9 Å². The smallest absolute Gasteiger partial charge is 0.422 e. The Labute approximate surface area is 155 Å². The summed E-state index contributed by atoms with van der Waals surface area (Å²) < 4.78 is 41.3. The second-order valence-electron chi connectivity index (χ2n) is 5.65. The summed E-state index contributed by atoms with van der Waals surface area (Å²) in [5, 5.41) is 2.69. The first-order valence-electron chi connectivity index (χ1n) is 7.65. The summed E-state index contributed by atoms with van der Waals surface area (Å²) in [5.41, 5.74) is 7.82. The Morgan fingerprint density at radius 3 is 2.42 bits per heavy atom. The van der Waals surface area contributed by atoms with Crippen molar-refractivity contribution in [3.05, 3.63) is 59.7 Å². The summed E-state index contributed by atoms with van der Waals surface area (Å²) >= 11 is 0. The van der Waals surface area contributed by atoms with Crippen LogP contribution in [0, 0.1) is 6.92 Å². The molecule has 0 aliphatic heterocycles. The normalized spacial score (nSPS) is 12.0. The van der Waals surface area contributed by atoms with Gasteiger partial charge in [0.25, 0.3) is 0 Å². The van der Waals surface area contributed by atoms with Gasteiger partial charge in [0.1, 0.15) is 5.75 Å². The van der Waals surface area contributed by atoms with Gasteiger partial charge >= 0.3 is 6.18 Å². The number of rotatable bonds is 6. The van der Waals surface area contributed by atoms with Crippen LogP contribution in [-0.2, 0) is 4.79 Å². The van der Waals surface area contributed by atoms with Crippen molar-refractivity contribution in [1.82, 2.24) is 0 Å². The van der Waals surface area contributed by atoms with Crippen LogP contribution in [0.25, 0.3) is 0 Å². The molecule has 0 fully saturated rings. The average molecular weight is 389 g/mol. The molecule has 0 bridgehead atoms. The predicted molar refractivity (Wildman–Crippen MR) is 96.6 cm³/mol. The molecule has 2 rings (SSSR count). The van der Waals surface area contributed by atoms with Crippen LogP contribution in [0.3, 0.4) is 0 Å². The van der Waals surface area contributed by atoms with Crippen molar-refractivity contribution >= 4 is 24.0 Å². The van der Waals surface area contributed by atoms with E-state index in [1.54, 1.807) is 13.0 Å². The zero-order valence-corrected chi connectivity index (χ0v) is 14.9. The van der Waals surface area contributed by atoms with Crippen LogP contribution >= 0.6 is 12.4 Å². The molecule has 1 atom stereocenters. The third-order valence-electron chi connectivity index (χ3n) is 3.48. The maximum absolute atomic E-state index is 12.2. The largest absolute Gasteiger partial charge is 0.484 e. The molecule has 26 heavy (non-hydrogen) atoms. The van der Waals surface area contributed by atoms with Crippen molar-refractivity contribution in [2.24, 2.45) is 5.73 Å². The molecule has 0 aliphatic rings. The molecule has 2 aromatic carbocycles. The quantitative estimate of drug-likeness (QED) is 0.771. The van der Waals surface area contributed by atoms with E-state index in [1.165, 1.54) is 12.1 Å². The number of nitrogens with two attached hydrogens (primary N) is 1. The Bertz CT molecular complexity index is 724. The molecule has 0 heterocycles. The molecule has 2 aromatic rings. The van der Waals surface area contributed by atoms with E-state index in [-0.39, 0.29) is 30.5 Å². The van der Waals surface area contributed by atoms with Gasteiger partial charge in [0.05, 0.1) is 0 Å². The summed E-state index contributed by atoms with van der Waals surface area (Å²) in [7, 11) is 0. The molecule has 0 spiro atoms. The molecule has 0 saturated heterocycles. The van der Waals surface area contributed by atoms with Crippen LogP contribution in [-0.4, -0.2) is 18.7 Å². The van der Waals surface area contributed by atoms with Crippen LogP contribution in [0.2, 0.25) is 0 Å². The lowest BCUT2D eigenvalue weighted by atomic mass is 10.0. The number of nitrogens with one attached hydrogen (secondary N) is 1. The molecular weight excluding hydrogens is 369 g/mol. The SMILES string of the molecule is Cc1cc(NC(=O)CC(N)c2ccccc2)ccc1OCC(F)(F)F.Cl. The van der Waals surface area contributed by atoms with Crippen molar-refractivity contribution < 1.29 is 22.7 Å². The topological polar surface area (TPSA) is 64.4 Å². The van der Waals surface area contributed by atoms with Gasteiger partial charge in [0, 0.05) is 18.2 Å². The number of aryl methyl sites for hydroxylation is 1. The Balaban J connectivity index is 0.00000338. The molecule has 0 saturated carbocycles. The summed E-state index contributed by atoms with van der Waals surface area (Å²) in [6, 6.07) is 13.2. The zero-order valence-electron chi connectivity index (χ0n) is 14.0. The maximum atomic E-state index is 12.2. The first-order chi connectivity index (χ1) is 11.7. The average Bonchev–Trinajstić information content (AvgIpc) is 2.54. The molecule has 142 valence electrons. The molecule has 3 N–H and O–H groups in total. The van der Waals surface area contributed by atoms with Crippen LogP contribution in [0.1, 0.15) is 23.6 Å². The van der Waals surface area contributed by atoms with Gasteiger partial charge in [-0.3, -0.25) is 4.79 Å². The molecule has 1 unspecified atom stereocenters. The molecule has 0 radical (unpaired) electrons. The number of carbonyl (C=O) groups excluding carboxylic acids is 1. The Kier molecular flexibility index (Phi) is 7.92. The highest BCUT2D eigenvalue weighted by Crippen LogP contribution is 2.25. The summed E-state index contributed by atoms with van der Waals surface area (Å²) in [6.07, 6.45) is -4.30. The van der Waals surface area contributed by atoms with Gasteiger partial charge in [0.15, 0.2) is 6.61 Å². The van der Waals surface area contributed by atoms with Gasteiger partial charge in [0.2, 0.25) is 5.91 Å². The molecular formula is C18H20ClF3N2O2. The van der Waals surface area contributed by atoms with Crippen molar-refractivity contribution in [3.8, 4) is 5.75 Å². The second-order valence-corrected chi connectivity index (χ2v) is 5.65. The lowest BCUT2D eigenvalue weighted by molar-refractivity contribution is -0.153. The second kappa shape index (κ2) is 9.45. The lowest BCUT2D eigenvalue weighted by Crippen LogP contribution is -2.21. The standard InChI is InChI=1S/C18H19F3N2O2.ClH/c1-12-9-14(7-8-16(12)25-11-18(19,20)21)23-17(24)10-15(22)13-5-3-2-4-6-13;/h2-9,15H,10-11,22H2,1H3,(H,23,24);1H. The highest BCUT2D eigenvalue weighted by molar-refractivity contribution is 5.91. The summed E-state index contributed by atoms with van der Waals surface area (Å²) in [4.78, 5) is 12.1. The van der Waals surface area contributed by atoms with E-state index in [2.05, 4.69) is 5.32 Å². The highest BCUT2D eigenvalue weighted by Gasteiger charge is 2.28. The Morgan fingerprint density at radius 1 is 1.19 bits per heavy atom. The third kappa shape index (κ3) is 6.93. The van der Waals surface area contributed by atoms with Gasteiger partial charge in [-0.2, -0.15) is 13.2 Å². The number of amides is 1. The number of hydrogen-bond donors (Lipinski definition) is 2. The Hall–Kier alpha value is -2.25. The van der Waals surface area contributed by atoms with Crippen LogP contribution in [0.5, 0.6) is 5.75 Å². The molecule has 4 nitrogen and oxygen atoms in total. The van der Waals surface area contributed by atoms with E-state index in [4.69, 9.17) is 10.5 Å². The monoisotopic (exact) mass is 388 g/mol. The summed E-state index contributed by atoms with van der Waals surface area (Å²) in [5.74, 6) is -0.156. The number of carbonyl (C=O) groups is 1. The van der Waals surface area contributed by atoms with Crippen molar-refractivity contribution in [3.63, 3.8) is 0 Å². The van der Waals surface area contributed by atoms with Gasteiger partial charge < -0.3 is 15.8 Å². The van der Waals surface area contributed by atoms with Gasteiger partial charge in [-0.15, -0.1) is 12.4 Å². The molecule has 0 aromatic heterocycles. The van der Waals surface area contributed by atoms with Crippen LogP contribution < -0.4 is 15.8 Å². The first kappa shape index (κ1) is 21.8. The first-order valence-corrected chi connectivity index (χ1v) is 7.65. The van der Waals surface area contributed by atoms with E-state index in [1.807, 2.05) is 30.3 Å². The van der Waals surface area contributed by atoms with Crippen molar-refractivity contribution in [1.29, 1.82) is 0 Å². The fourth-order valence-electron chi connectivity index (χ4n) is 2.28. The number of alkyl halides is 3. The van der Waals surface area contributed by atoms with E-state index in [0.717, 1.165) is 5.56 Å². The lowest BCUT2D eigenvalue weighted by Gasteiger charge is -2.14. The van der Waals surface area contributed by atoms with Gasteiger partial charge in [-0.05, 0) is 36.2 Å². The third-order valence-corrected chi connectivity index (χ3v) is 3.48. The van der Waals surface area contributed by atoms with Gasteiger partial charge in [-0.1, -0.05) is 30.3 Å². The number of anilines is 1. The highest BCUT2D eigenvalue weighted by atomic mass is 35.5. The predicted octanol–water partition coefficient (Wildman–Crippen LogP) is 4.39. The van der Waals surface area contributed by atoms with Crippen molar-refractivity contribution in [2.45, 2.75) is 25.6 Å². The Morgan fingerprint density at radius 2 is 1.85 bits per heavy atom. The van der Waals surface area contributed by atoms with E-state index >= 15 is 0 Å². The minimum atomic E-state index is -4.40. The fourth-order valence-corrected chi connectivity index (χ4v) is 2.28. The number of benzene rings is 2. The number of hydrogen-bond acceptors (Lipinski definition) is 3. The number of ether oxygens (including phenoxy) is 1. The minimum absolute atomic E-state index is 0. The summed E-state index contributed by atoms with van der Waals surface area (Å²) in [6.45, 7) is 0.253. The zero-order chi connectivity index (χ0) is 18.4. The van der Waals surface area contributed by atoms with E-state index < -0.39 is 18.8 Å². The number of halogens is 4. The van der Waals surface area contributed by atoms with Crippen LogP contribution in [0.15, 0.2) is 48.5 Å². The molecule has 8 heteroatoms. The minimum Gasteiger partial charge on any atom is -0.484 e. The van der Waals surface area contributed by atoms with E-state index in [9.17, 15) is 18.0 Å². The molecule has 1 amide bonds. The van der Waals surface area contributed by atoms with Crippen molar-refractivity contribution in [2.75, 3.05) is 11.9 Å². The maximum Gasteiger partial charge on any atom is 0.422 e. The van der Waals surface area contributed by atoms with E-state index in [0.29, 0.717) is 11.3 Å². The molecule has 0 aliphatic carbocycles. The van der Waals surface area contributed by atoms with Gasteiger partial charge in [-0.25, -0.2) is 0 Å².